The SMILES string of the molecule is COC(=O)OC1CCC(C(=O)OC2CCC(C(=O)OC3CCC(C(=O)O)CC3)CC2)CC1. The van der Waals surface area contributed by atoms with Gasteiger partial charge in [0.15, 0.2) is 0 Å². The van der Waals surface area contributed by atoms with Gasteiger partial charge in [-0.15, -0.1) is 0 Å². The van der Waals surface area contributed by atoms with Crippen molar-refractivity contribution in [1.29, 1.82) is 0 Å². The van der Waals surface area contributed by atoms with Crippen LogP contribution in [0.15, 0.2) is 0 Å². The van der Waals surface area contributed by atoms with Crippen LogP contribution in [0.5, 0.6) is 0 Å². The number of carbonyl (C=O) groups excluding carboxylic acids is 3. The second-order valence-corrected chi connectivity index (χ2v) is 9.20. The number of ether oxygens (including phenoxy) is 4. The molecule has 0 aromatic carbocycles. The maximum atomic E-state index is 12.5. The highest BCUT2D eigenvalue weighted by molar-refractivity contribution is 5.74. The van der Waals surface area contributed by atoms with Gasteiger partial charge >= 0.3 is 24.1 Å². The lowest BCUT2D eigenvalue weighted by atomic mass is 9.85. The number of methoxy groups -OCH3 is 1. The molecule has 0 saturated heterocycles. The van der Waals surface area contributed by atoms with E-state index in [1.54, 1.807) is 0 Å². The first-order chi connectivity index (χ1) is 15.4. The lowest BCUT2D eigenvalue weighted by molar-refractivity contribution is -0.162. The summed E-state index contributed by atoms with van der Waals surface area (Å²) in [7, 11) is 1.27. The molecule has 0 amide bonds. The topological polar surface area (TPSA) is 125 Å². The Balaban J connectivity index is 1.32. The fourth-order valence-electron chi connectivity index (χ4n) is 4.97. The normalized spacial score (nSPS) is 32.9. The van der Waals surface area contributed by atoms with E-state index in [1.165, 1.54) is 7.11 Å². The minimum absolute atomic E-state index is 0.179. The fraction of sp³-hybridized carbons (Fsp3) is 0.826. The Morgan fingerprint density at radius 1 is 0.562 bits per heavy atom. The van der Waals surface area contributed by atoms with Gasteiger partial charge < -0.3 is 24.1 Å². The third kappa shape index (κ3) is 6.84. The van der Waals surface area contributed by atoms with Crippen molar-refractivity contribution in [2.75, 3.05) is 7.11 Å². The van der Waals surface area contributed by atoms with E-state index in [2.05, 4.69) is 4.74 Å². The zero-order valence-corrected chi connectivity index (χ0v) is 18.7. The minimum atomic E-state index is -0.773. The van der Waals surface area contributed by atoms with Crippen LogP contribution in [0.25, 0.3) is 0 Å². The standard InChI is InChI=1S/C23H34O9/c1-29-23(28)32-19-12-6-16(7-13-19)22(27)31-18-10-4-15(5-11-18)21(26)30-17-8-2-14(3-9-17)20(24)25/h14-19H,2-13H2,1H3,(H,24,25). The lowest BCUT2D eigenvalue weighted by Gasteiger charge is -2.32. The summed E-state index contributed by atoms with van der Waals surface area (Å²) in [5.41, 5.74) is 0. The van der Waals surface area contributed by atoms with Crippen LogP contribution in [-0.4, -0.2) is 54.6 Å². The molecule has 9 nitrogen and oxygen atoms in total. The second kappa shape index (κ2) is 11.5. The van der Waals surface area contributed by atoms with E-state index in [0.29, 0.717) is 77.0 Å². The number of aliphatic carboxylic acids is 1. The van der Waals surface area contributed by atoms with E-state index >= 15 is 0 Å². The van der Waals surface area contributed by atoms with Gasteiger partial charge in [0, 0.05) is 0 Å². The fourth-order valence-corrected chi connectivity index (χ4v) is 4.97. The van der Waals surface area contributed by atoms with Crippen molar-refractivity contribution in [1.82, 2.24) is 0 Å². The van der Waals surface area contributed by atoms with Crippen molar-refractivity contribution in [3.8, 4) is 0 Å². The molecule has 1 N–H and O–H groups in total. The number of esters is 2. The first-order valence-corrected chi connectivity index (χ1v) is 11.7. The van der Waals surface area contributed by atoms with E-state index < -0.39 is 12.1 Å². The van der Waals surface area contributed by atoms with Gasteiger partial charge in [-0.2, -0.15) is 0 Å². The molecule has 3 aliphatic rings. The van der Waals surface area contributed by atoms with Crippen LogP contribution in [0.3, 0.4) is 0 Å². The van der Waals surface area contributed by atoms with E-state index in [4.69, 9.17) is 19.3 Å². The number of carboxylic acid groups (broad SMARTS) is 1. The Morgan fingerprint density at radius 3 is 1.25 bits per heavy atom. The maximum absolute atomic E-state index is 12.5. The molecule has 0 aromatic rings. The van der Waals surface area contributed by atoms with Crippen molar-refractivity contribution in [2.24, 2.45) is 17.8 Å². The van der Waals surface area contributed by atoms with Gasteiger partial charge in [0.1, 0.15) is 18.3 Å². The van der Waals surface area contributed by atoms with Gasteiger partial charge in [-0.1, -0.05) is 0 Å². The maximum Gasteiger partial charge on any atom is 0.508 e. The van der Waals surface area contributed by atoms with Gasteiger partial charge in [-0.3, -0.25) is 14.4 Å². The molecular formula is C23H34O9. The molecule has 0 bridgehead atoms. The summed E-state index contributed by atoms with van der Waals surface area (Å²) in [5, 5.41) is 9.07. The molecule has 3 rings (SSSR count). The molecule has 0 aliphatic heterocycles. The molecule has 0 atom stereocenters. The zero-order valence-electron chi connectivity index (χ0n) is 18.7. The number of rotatable bonds is 6. The molecule has 0 aromatic heterocycles. The first kappa shape index (κ1) is 24.3. The molecule has 32 heavy (non-hydrogen) atoms. The first-order valence-electron chi connectivity index (χ1n) is 11.7. The van der Waals surface area contributed by atoms with E-state index in [0.717, 1.165) is 0 Å². The quantitative estimate of drug-likeness (QED) is 0.473. The molecular weight excluding hydrogens is 420 g/mol. The number of carbonyl (C=O) groups is 4. The van der Waals surface area contributed by atoms with Crippen LogP contribution >= 0.6 is 0 Å². The summed E-state index contributed by atoms with van der Waals surface area (Å²) in [6.45, 7) is 0. The number of carboxylic acids is 1. The van der Waals surface area contributed by atoms with Gasteiger partial charge in [-0.25, -0.2) is 4.79 Å². The van der Waals surface area contributed by atoms with Gasteiger partial charge in [0.25, 0.3) is 0 Å². The summed E-state index contributed by atoms with van der Waals surface area (Å²) in [4.78, 5) is 47.2. The highest BCUT2D eigenvalue weighted by atomic mass is 16.7. The van der Waals surface area contributed by atoms with Gasteiger partial charge in [0.05, 0.1) is 24.9 Å². The van der Waals surface area contributed by atoms with Crippen molar-refractivity contribution < 1.29 is 43.2 Å². The summed E-state index contributed by atoms with van der Waals surface area (Å²) in [6.07, 6.45) is 6.00. The second-order valence-electron chi connectivity index (χ2n) is 9.20. The smallest absolute Gasteiger partial charge is 0.481 e. The van der Waals surface area contributed by atoms with Gasteiger partial charge in [0.2, 0.25) is 0 Å². The molecule has 0 spiro atoms. The predicted molar refractivity (Wildman–Crippen MR) is 111 cm³/mol. The largest absolute Gasteiger partial charge is 0.508 e. The van der Waals surface area contributed by atoms with Gasteiger partial charge in [-0.05, 0) is 77.0 Å². The third-order valence-corrected chi connectivity index (χ3v) is 7.03. The van der Waals surface area contributed by atoms with Crippen molar-refractivity contribution in [3.05, 3.63) is 0 Å². The predicted octanol–water partition coefficient (Wildman–Crippen LogP) is 3.62. The average molecular weight is 455 g/mol. The Hall–Kier alpha value is -2.32. The van der Waals surface area contributed by atoms with E-state index in [1.807, 2.05) is 0 Å². The van der Waals surface area contributed by atoms with Crippen molar-refractivity contribution in [2.45, 2.75) is 95.4 Å². The molecule has 0 heterocycles. The molecule has 3 aliphatic carbocycles. The van der Waals surface area contributed by atoms with E-state index in [-0.39, 0.29) is 48.0 Å². The highest BCUT2D eigenvalue weighted by Crippen LogP contribution is 2.33. The molecule has 0 radical (unpaired) electrons. The van der Waals surface area contributed by atoms with Crippen molar-refractivity contribution in [3.63, 3.8) is 0 Å². The van der Waals surface area contributed by atoms with E-state index in [9.17, 15) is 19.2 Å². The van der Waals surface area contributed by atoms with Crippen LogP contribution in [-0.2, 0) is 33.3 Å². The summed E-state index contributed by atoms with van der Waals surface area (Å²) >= 11 is 0. The minimum Gasteiger partial charge on any atom is -0.481 e. The van der Waals surface area contributed by atoms with Crippen LogP contribution in [0.1, 0.15) is 77.0 Å². The Labute approximate surface area is 188 Å². The summed E-state index contributed by atoms with van der Waals surface area (Å²) in [6, 6.07) is 0. The number of hydrogen-bond acceptors (Lipinski definition) is 8. The van der Waals surface area contributed by atoms with Crippen LogP contribution < -0.4 is 0 Å². The van der Waals surface area contributed by atoms with Crippen LogP contribution in [0, 0.1) is 17.8 Å². The third-order valence-electron chi connectivity index (χ3n) is 7.03. The molecule has 0 unspecified atom stereocenters. The Kier molecular flexibility index (Phi) is 8.75. The van der Waals surface area contributed by atoms with Crippen molar-refractivity contribution >= 4 is 24.1 Å². The van der Waals surface area contributed by atoms with Crippen LogP contribution in [0.4, 0.5) is 4.79 Å². The summed E-state index contributed by atoms with van der Waals surface area (Å²) < 4.78 is 21.0. The average Bonchev–Trinajstić information content (AvgIpc) is 2.80. The molecule has 9 heteroatoms. The molecule has 3 saturated carbocycles. The highest BCUT2D eigenvalue weighted by Gasteiger charge is 2.35. The molecule has 180 valence electrons. The molecule has 3 fully saturated rings. The Morgan fingerprint density at radius 2 is 0.906 bits per heavy atom. The number of hydrogen-bond donors (Lipinski definition) is 1. The lowest BCUT2D eigenvalue weighted by Crippen LogP contribution is -2.34. The summed E-state index contributed by atoms with van der Waals surface area (Å²) in [5.74, 6) is -1.89. The van der Waals surface area contributed by atoms with Crippen LogP contribution in [0.2, 0.25) is 0 Å². The Bertz CT molecular complexity index is 667. The zero-order chi connectivity index (χ0) is 23.1. The monoisotopic (exact) mass is 454 g/mol.